The number of anilines is 1. The van der Waals surface area contributed by atoms with Crippen LogP contribution in [0.5, 0.6) is 0 Å². The second-order valence-corrected chi connectivity index (χ2v) is 4.75. The monoisotopic (exact) mass is 310 g/mol. The van der Waals surface area contributed by atoms with E-state index in [0.29, 0.717) is 18.7 Å². The van der Waals surface area contributed by atoms with Gasteiger partial charge in [-0.3, -0.25) is 4.79 Å². The Labute approximate surface area is 115 Å². The van der Waals surface area contributed by atoms with E-state index < -0.39 is 0 Å². The number of rotatable bonds is 5. The van der Waals surface area contributed by atoms with Gasteiger partial charge in [0.2, 0.25) is 0 Å². The van der Waals surface area contributed by atoms with E-state index in [0.717, 1.165) is 10.2 Å². The molecule has 0 spiro atoms. The summed E-state index contributed by atoms with van der Waals surface area (Å²) in [4.78, 5) is 11.4. The molecule has 0 bridgehead atoms. The molecule has 0 fully saturated rings. The molecule has 1 unspecified atom stereocenters. The van der Waals surface area contributed by atoms with Gasteiger partial charge in [0.25, 0.3) is 0 Å². The van der Waals surface area contributed by atoms with Gasteiger partial charge in [-0.15, -0.1) is 0 Å². The second-order valence-electron chi connectivity index (χ2n) is 3.84. The Bertz CT molecular complexity index is 469. The van der Waals surface area contributed by atoms with Gasteiger partial charge in [-0.25, -0.2) is 0 Å². The number of halogens is 1. The first-order valence-corrected chi connectivity index (χ1v) is 6.48. The van der Waals surface area contributed by atoms with Gasteiger partial charge in [0.15, 0.2) is 0 Å². The highest BCUT2D eigenvalue weighted by molar-refractivity contribution is 9.10. The van der Waals surface area contributed by atoms with E-state index in [1.54, 1.807) is 26.0 Å². The molecule has 0 radical (unpaired) electrons. The van der Waals surface area contributed by atoms with Crippen molar-refractivity contribution < 1.29 is 9.53 Å². The molecular weight excluding hydrogens is 296 g/mol. The minimum absolute atomic E-state index is 0.236. The van der Waals surface area contributed by atoms with Crippen LogP contribution in [0.3, 0.4) is 0 Å². The molecule has 0 saturated carbocycles. The van der Waals surface area contributed by atoms with Gasteiger partial charge in [0.1, 0.15) is 6.07 Å². The van der Waals surface area contributed by atoms with Crippen LogP contribution in [0, 0.1) is 17.2 Å². The molecule has 0 heterocycles. The lowest BCUT2D eigenvalue weighted by atomic mass is 10.1. The van der Waals surface area contributed by atoms with Crippen molar-refractivity contribution in [1.29, 1.82) is 5.26 Å². The van der Waals surface area contributed by atoms with Gasteiger partial charge in [-0.2, -0.15) is 5.26 Å². The van der Waals surface area contributed by atoms with Crippen molar-refractivity contribution >= 4 is 27.6 Å². The minimum Gasteiger partial charge on any atom is -0.466 e. The highest BCUT2D eigenvalue weighted by Gasteiger charge is 2.14. The van der Waals surface area contributed by atoms with Crippen molar-refractivity contribution in [3.05, 3.63) is 28.2 Å². The SMILES string of the molecule is CCOC(=O)C(C)CNc1ccc(Br)cc1C#N. The molecule has 0 aliphatic carbocycles. The van der Waals surface area contributed by atoms with E-state index in [2.05, 4.69) is 27.3 Å². The number of nitrogens with zero attached hydrogens (tertiary/aromatic N) is 1. The lowest BCUT2D eigenvalue weighted by molar-refractivity contribution is -0.146. The van der Waals surface area contributed by atoms with Crippen molar-refractivity contribution in [3.8, 4) is 6.07 Å². The summed E-state index contributed by atoms with van der Waals surface area (Å²) in [6, 6.07) is 7.49. The number of nitriles is 1. The van der Waals surface area contributed by atoms with Crippen LogP contribution >= 0.6 is 15.9 Å². The van der Waals surface area contributed by atoms with Gasteiger partial charge in [0, 0.05) is 11.0 Å². The number of benzene rings is 1. The van der Waals surface area contributed by atoms with Crippen LogP contribution in [0.25, 0.3) is 0 Å². The molecule has 4 nitrogen and oxygen atoms in total. The molecule has 1 atom stereocenters. The third-order valence-corrected chi connectivity index (χ3v) is 2.88. The zero-order valence-electron chi connectivity index (χ0n) is 10.4. The summed E-state index contributed by atoms with van der Waals surface area (Å²) in [5.74, 6) is -0.485. The molecule has 5 heteroatoms. The number of hydrogen-bond acceptors (Lipinski definition) is 4. The van der Waals surface area contributed by atoms with Crippen LogP contribution in [0.4, 0.5) is 5.69 Å². The largest absolute Gasteiger partial charge is 0.466 e. The Hall–Kier alpha value is -1.54. The van der Waals surface area contributed by atoms with Crippen molar-refractivity contribution in [2.45, 2.75) is 13.8 Å². The Morgan fingerprint density at radius 2 is 2.33 bits per heavy atom. The van der Waals surface area contributed by atoms with Gasteiger partial charge in [0.05, 0.1) is 23.8 Å². The first kappa shape index (κ1) is 14.5. The molecule has 1 aromatic carbocycles. The maximum absolute atomic E-state index is 11.4. The van der Waals surface area contributed by atoms with Crippen molar-refractivity contribution in [2.24, 2.45) is 5.92 Å². The molecule has 0 aliphatic rings. The molecule has 0 saturated heterocycles. The summed E-state index contributed by atoms with van der Waals surface area (Å²) in [6.07, 6.45) is 0. The van der Waals surface area contributed by atoms with Crippen LogP contribution in [0.15, 0.2) is 22.7 Å². The molecule has 1 aromatic rings. The molecule has 96 valence electrons. The summed E-state index contributed by atoms with van der Waals surface area (Å²) >= 11 is 3.31. The average molecular weight is 311 g/mol. The van der Waals surface area contributed by atoms with Crippen LogP contribution in [0.2, 0.25) is 0 Å². The molecule has 0 amide bonds. The molecule has 0 aromatic heterocycles. The smallest absolute Gasteiger partial charge is 0.310 e. The Morgan fingerprint density at radius 1 is 1.61 bits per heavy atom. The Morgan fingerprint density at radius 3 is 2.94 bits per heavy atom. The third-order valence-electron chi connectivity index (χ3n) is 2.39. The summed E-state index contributed by atoms with van der Waals surface area (Å²) in [6.45, 7) is 4.39. The van der Waals surface area contributed by atoms with E-state index in [9.17, 15) is 4.79 Å². The maximum Gasteiger partial charge on any atom is 0.310 e. The zero-order chi connectivity index (χ0) is 13.5. The van der Waals surface area contributed by atoms with Crippen LogP contribution < -0.4 is 5.32 Å². The van der Waals surface area contributed by atoms with E-state index in [1.807, 2.05) is 6.07 Å². The number of carbonyl (C=O) groups is 1. The van der Waals surface area contributed by atoms with Gasteiger partial charge in [-0.05, 0) is 25.1 Å². The Balaban J connectivity index is 2.64. The topological polar surface area (TPSA) is 62.1 Å². The fourth-order valence-electron chi connectivity index (χ4n) is 1.39. The minimum atomic E-state index is -0.250. The van der Waals surface area contributed by atoms with Gasteiger partial charge >= 0.3 is 5.97 Å². The zero-order valence-corrected chi connectivity index (χ0v) is 12.0. The normalized spacial score (nSPS) is 11.4. The van der Waals surface area contributed by atoms with E-state index in [4.69, 9.17) is 10.00 Å². The molecule has 1 rings (SSSR count). The Kier molecular flexibility index (Phi) is 5.66. The third kappa shape index (κ3) is 4.04. The number of hydrogen-bond donors (Lipinski definition) is 1. The molecule has 1 N–H and O–H groups in total. The first-order valence-electron chi connectivity index (χ1n) is 5.68. The number of nitrogens with one attached hydrogen (secondary N) is 1. The maximum atomic E-state index is 11.4. The lowest BCUT2D eigenvalue weighted by Crippen LogP contribution is -2.22. The standard InChI is InChI=1S/C13H15BrN2O2/c1-3-18-13(17)9(2)8-16-12-5-4-11(14)6-10(12)7-15/h4-6,9,16H,3,8H2,1-2H3. The summed E-state index contributed by atoms with van der Waals surface area (Å²) in [5, 5.41) is 12.1. The quantitative estimate of drug-likeness (QED) is 0.849. The average Bonchev–Trinajstić information content (AvgIpc) is 2.37. The molecule has 18 heavy (non-hydrogen) atoms. The van der Waals surface area contributed by atoms with Crippen molar-refractivity contribution in [3.63, 3.8) is 0 Å². The number of ether oxygens (including phenoxy) is 1. The fraction of sp³-hybridized carbons (Fsp3) is 0.385. The van der Waals surface area contributed by atoms with E-state index in [-0.39, 0.29) is 11.9 Å². The number of carbonyl (C=O) groups excluding carboxylic acids is 1. The summed E-state index contributed by atoms with van der Waals surface area (Å²) < 4.78 is 5.77. The highest BCUT2D eigenvalue weighted by atomic mass is 79.9. The van der Waals surface area contributed by atoms with E-state index >= 15 is 0 Å². The number of esters is 1. The molecular formula is C13H15BrN2O2. The first-order chi connectivity index (χ1) is 8.58. The molecule has 0 aliphatic heterocycles. The van der Waals surface area contributed by atoms with Crippen molar-refractivity contribution in [1.82, 2.24) is 0 Å². The summed E-state index contributed by atoms with van der Waals surface area (Å²) in [7, 11) is 0. The second kappa shape index (κ2) is 7.02. The van der Waals surface area contributed by atoms with Crippen LogP contribution in [-0.2, 0) is 9.53 Å². The van der Waals surface area contributed by atoms with Crippen LogP contribution in [-0.4, -0.2) is 19.1 Å². The predicted octanol–water partition coefficient (Wildman–Crippen LogP) is 2.93. The van der Waals surface area contributed by atoms with Gasteiger partial charge < -0.3 is 10.1 Å². The van der Waals surface area contributed by atoms with Crippen LogP contribution in [0.1, 0.15) is 19.4 Å². The van der Waals surface area contributed by atoms with Crippen molar-refractivity contribution in [2.75, 3.05) is 18.5 Å². The van der Waals surface area contributed by atoms with E-state index in [1.165, 1.54) is 0 Å². The lowest BCUT2D eigenvalue weighted by Gasteiger charge is -2.13. The van der Waals surface area contributed by atoms with Gasteiger partial charge in [-0.1, -0.05) is 22.9 Å². The fourth-order valence-corrected chi connectivity index (χ4v) is 1.76. The summed E-state index contributed by atoms with van der Waals surface area (Å²) in [5.41, 5.74) is 1.26. The highest BCUT2D eigenvalue weighted by Crippen LogP contribution is 2.20. The predicted molar refractivity (Wildman–Crippen MR) is 73.1 cm³/mol.